The van der Waals surface area contributed by atoms with Crippen LogP contribution in [0.25, 0.3) is 10.9 Å². The Morgan fingerprint density at radius 3 is 2.62 bits per heavy atom. The van der Waals surface area contributed by atoms with Gasteiger partial charge in [0, 0.05) is 17.5 Å². The number of nitrogens with zero attached hydrogens (tertiary/aromatic N) is 2. The standard InChI is InChI=1S/C23H25F3N4O2/c1-12-6-20-19(10-21(12)32-18-4-5-31-11-18)22(30-14(3)29-20)28-13(2)15-7-16(23(24,25)26)9-17(27)8-15/h6-10,13,18H,4-5,11,27H2,1-3H3,(H,28,29,30)/t13-,18+/m1/s1. The Kier molecular flexibility index (Phi) is 5.85. The van der Waals surface area contributed by atoms with Crippen LogP contribution in [0.4, 0.5) is 24.7 Å². The number of halogens is 3. The van der Waals surface area contributed by atoms with Crippen molar-refractivity contribution in [2.75, 3.05) is 24.3 Å². The summed E-state index contributed by atoms with van der Waals surface area (Å²) in [6.45, 7) is 6.70. The van der Waals surface area contributed by atoms with Gasteiger partial charge in [-0.1, -0.05) is 0 Å². The fourth-order valence-electron chi connectivity index (χ4n) is 3.78. The van der Waals surface area contributed by atoms with E-state index in [-0.39, 0.29) is 11.8 Å². The average Bonchev–Trinajstić information content (AvgIpc) is 3.21. The Bertz CT molecular complexity index is 1140. The van der Waals surface area contributed by atoms with E-state index in [1.54, 1.807) is 13.8 Å². The third-order valence-corrected chi connectivity index (χ3v) is 5.44. The van der Waals surface area contributed by atoms with E-state index in [0.717, 1.165) is 35.0 Å². The smallest absolute Gasteiger partial charge is 0.416 e. The number of fused-ring (bicyclic) bond motifs is 1. The van der Waals surface area contributed by atoms with Crippen molar-refractivity contribution >= 4 is 22.4 Å². The molecule has 2 atom stereocenters. The molecule has 1 saturated heterocycles. The summed E-state index contributed by atoms with van der Waals surface area (Å²) in [5, 5.41) is 3.96. The molecule has 2 heterocycles. The van der Waals surface area contributed by atoms with Gasteiger partial charge in [0.15, 0.2) is 0 Å². The fraction of sp³-hybridized carbons (Fsp3) is 0.391. The summed E-state index contributed by atoms with van der Waals surface area (Å²) >= 11 is 0. The van der Waals surface area contributed by atoms with Gasteiger partial charge in [-0.15, -0.1) is 0 Å². The summed E-state index contributed by atoms with van der Waals surface area (Å²) in [6.07, 6.45) is -3.67. The van der Waals surface area contributed by atoms with Crippen LogP contribution in [-0.4, -0.2) is 29.3 Å². The molecular weight excluding hydrogens is 421 g/mol. The summed E-state index contributed by atoms with van der Waals surface area (Å²) in [5.41, 5.74) is 7.08. The SMILES string of the molecule is Cc1nc(N[C@H](C)c2cc(N)cc(C(F)(F)F)c2)c2cc(O[C@H]3CCOC3)c(C)cc2n1. The molecule has 1 fully saturated rings. The van der Waals surface area contributed by atoms with Crippen LogP contribution < -0.4 is 15.8 Å². The van der Waals surface area contributed by atoms with E-state index in [1.807, 2.05) is 19.1 Å². The summed E-state index contributed by atoms with van der Waals surface area (Å²) in [4.78, 5) is 9.02. The number of ether oxygens (including phenoxy) is 2. The predicted molar refractivity (Wildman–Crippen MR) is 117 cm³/mol. The van der Waals surface area contributed by atoms with Crippen molar-refractivity contribution < 1.29 is 22.6 Å². The summed E-state index contributed by atoms with van der Waals surface area (Å²) in [5.74, 6) is 1.77. The van der Waals surface area contributed by atoms with Crippen LogP contribution in [0.1, 0.15) is 41.9 Å². The Balaban J connectivity index is 1.69. The summed E-state index contributed by atoms with van der Waals surface area (Å²) in [6, 6.07) is 6.88. The van der Waals surface area contributed by atoms with E-state index in [0.29, 0.717) is 36.2 Å². The minimum absolute atomic E-state index is 0.0130. The number of aryl methyl sites for hydroxylation is 2. The van der Waals surface area contributed by atoms with E-state index in [2.05, 4.69) is 15.3 Å². The lowest BCUT2D eigenvalue weighted by molar-refractivity contribution is -0.137. The Morgan fingerprint density at radius 1 is 1.16 bits per heavy atom. The van der Waals surface area contributed by atoms with Gasteiger partial charge in [-0.05, 0) is 62.2 Å². The summed E-state index contributed by atoms with van der Waals surface area (Å²) in [7, 11) is 0. The number of alkyl halides is 3. The van der Waals surface area contributed by atoms with Crippen LogP contribution in [0.3, 0.4) is 0 Å². The molecule has 0 spiro atoms. The molecule has 0 saturated carbocycles. The maximum atomic E-state index is 13.2. The first-order valence-electron chi connectivity index (χ1n) is 10.4. The van der Waals surface area contributed by atoms with Gasteiger partial charge in [0.25, 0.3) is 0 Å². The molecule has 6 nitrogen and oxygen atoms in total. The van der Waals surface area contributed by atoms with E-state index >= 15 is 0 Å². The van der Waals surface area contributed by atoms with E-state index < -0.39 is 17.8 Å². The van der Waals surface area contributed by atoms with Gasteiger partial charge in [0.1, 0.15) is 23.5 Å². The molecule has 0 bridgehead atoms. The highest BCUT2D eigenvalue weighted by molar-refractivity contribution is 5.91. The largest absolute Gasteiger partial charge is 0.488 e. The van der Waals surface area contributed by atoms with Gasteiger partial charge >= 0.3 is 6.18 Å². The molecule has 3 aromatic rings. The van der Waals surface area contributed by atoms with Crippen LogP contribution >= 0.6 is 0 Å². The van der Waals surface area contributed by atoms with Crippen molar-refractivity contribution in [3.05, 3.63) is 52.8 Å². The van der Waals surface area contributed by atoms with Crippen LogP contribution in [-0.2, 0) is 10.9 Å². The first-order chi connectivity index (χ1) is 15.1. The lowest BCUT2D eigenvalue weighted by atomic mass is 10.0. The van der Waals surface area contributed by atoms with Crippen molar-refractivity contribution in [3.63, 3.8) is 0 Å². The molecule has 9 heteroatoms. The highest BCUT2D eigenvalue weighted by atomic mass is 19.4. The number of aromatic nitrogens is 2. The van der Waals surface area contributed by atoms with Crippen molar-refractivity contribution in [1.29, 1.82) is 0 Å². The first kappa shape index (κ1) is 22.1. The molecule has 32 heavy (non-hydrogen) atoms. The fourth-order valence-corrected chi connectivity index (χ4v) is 3.78. The van der Waals surface area contributed by atoms with Crippen molar-refractivity contribution in [2.24, 2.45) is 0 Å². The molecule has 2 aromatic carbocycles. The monoisotopic (exact) mass is 446 g/mol. The van der Waals surface area contributed by atoms with Crippen LogP contribution in [0.2, 0.25) is 0 Å². The molecule has 0 radical (unpaired) electrons. The highest BCUT2D eigenvalue weighted by Crippen LogP contribution is 2.35. The predicted octanol–water partition coefficient (Wildman–Crippen LogP) is 5.19. The van der Waals surface area contributed by atoms with Crippen LogP contribution in [0.5, 0.6) is 5.75 Å². The number of benzene rings is 2. The molecular formula is C23H25F3N4O2. The second kappa shape index (κ2) is 8.46. The Morgan fingerprint density at radius 2 is 1.94 bits per heavy atom. The summed E-state index contributed by atoms with van der Waals surface area (Å²) < 4.78 is 51.2. The zero-order valence-corrected chi connectivity index (χ0v) is 18.1. The number of nitrogens with two attached hydrogens (primary N) is 1. The highest BCUT2D eigenvalue weighted by Gasteiger charge is 2.31. The lowest BCUT2D eigenvalue weighted by Gasteiger charge is -2.20. The molecule has 4 rings (SSSR count). The Labute approximate surface area is 184 Å². The maximum Gasteiger partial charge on any atom is 0.416 e. The third kappa shape index (κ3) is 4.72. The van der Waals surface area contributed by atoms with E-state index in [4.69, 9.17) is 15.2 Å². The molecule has 170 valence electrons. The minimum atomic E-state index is -4.48. The van der Waals surface area contributed by atoms with Gasteiger partial charge in [-0.2, -0.15) is 13.2 Å². The number of nitrogens with one attached hydrogen (secondary N) is 1. The molecule has 1 aliphatic heterocycles. The minimum Gasteiger partial charge on any atom is -0.488 e. The number of hydrogen-bond donors (Lipinski definition) is 2. The van der Waals surface area contributed by atoms with Gasteiger partial charge < -0.3 is 20.5 Å². The number of rotatable bonds is 5. The quantitative estimate of drug-likeness (QED) is 0.525. The van der Waals surface area contributed by atoms with Gasteiger partial charge in [-0.3, -0.25) is 0 Å². The van der Waals surface area contributed by atoms with E-state index in [1.165, 1.54) is 6.07 Å². The topological polar surface area (TPSA) is 82.3 Å². The molecule has 0 unspecified atom stereocenters. The van der Waals surface area contributed by atoms with Crippen LogP contribution in [0, 0.1) is 13.8 Å². The molecule has 1 aliphatic rings. The first-order valence-corrected chi connectivity index (χ1v) is 10.4. The van der Waals surface area contributed by atoms with Crippen molar-refractivity contribution in [2.45, 2.75) is 45.5 Å². The lowest BCUT2D eigenvalue weighted by Crippen LogP contribution is -2.16. The molecule has 0 amide bonds. The molecule has 1 aromatic heterocycles. The maximum absolute atomic E-state index is 13.2. The van der Waals surface area contributed by atoms with Gasteiger partial charge in [0.05, 0.1) is 30.3 Å². The zero-order chi connectivity index (χ0) is 23.0. The number of nitrogen functional groups attached to an aromatic ring is 1. The Hall–Kier alpha value is -3.07. The third-order valence-electron chi connectivity index (χ3n) is 5.44. The zero-order valence-electron chi connectivity index (χ0n) is 18.1. The van der Waals surface area contributed by atoms with Crippen molar-refractivity contribution in [3.8, 4) is 5.75 Å². The molecule has 3 N–H and O–H groups in total. The number of anilines is 2. The van der Waals surface area contributed by atoms with E-state index in [9.17, 15) is 13.2 Å². The van der Waals surface area contributed by atoms with Crippen LogP contribution in [0.15, 0.2) is 30.3 Å². The average molecular weight is 446 g/mol. The normalized spacial score (nSPS) is 17.5. The second-order valence-corrected chi connectivity index (χ2v) is 8.11. The molecule has 0 aliphatic carbocycles. The van der Waals surface area contributed by atoms with Gasteiger partial charge in [0.2, 0.25) is 0 Å². The van der Waals surface area contributed by atoms with Crippen molar-refractivity contribution in [1.82, 2.24) is 9.97 Å². The number of hydrogen-bond acceptors (Lipinski definition) is 6. The van der Waals surface area contributed by atoms with Gasteiger partial charge in [-0.25, -0.2) is 9.97 Å². The second-order valence-electron chi connectivity index (χ2n) is 8.11.